The van der Waals surface area contributed by atoms with Crippen LogP contribution in [-0.2, 0) is 18.9 Å². The largest absolute Gasteiger partial charge is 0.353 e. The zero-order valence-electron chi connectivity index (χ0n) is 19.4. The Balaban J connectivity index is 1.08. The van der Waals surface area contributed by atoms with Crippen LogP contribution in [-0.4, -0.2) is 37.0 Å². The van der Waals surface area contributed by atoms with Crippen LogP contribution in [0.4, 0.5) is 0 Å². The van der Waals surface area contributed by atoms with Gasteiger partial charge < -0.3 is 18.9 Å². The fourth-order valence-electron chi connectivity index (χ4n) is 5.78. The first-order chi connectivity index (χ1) is 13.7. The zero-order chi connectivity index (χ0) is 20.6. The Hall–Kier alpha value is -0.160. The van der Waals surface area contributed by atoms with Crippen molar-refractivity contribution in [3.05, 3.63) is 0 Å². The predicted molar refractivity (Wildman–Crippen MR) is 115 cm³/mol. The van der Waals surface area contributed by atoms with Gasteiger partial charge in [-0.15, -0.1) is 0 Å². The Bertz CT molecular complexity index is 487. The normalized spacial score (nSPS) is 34.8. The van der Waals surface area contributed by atoms with Gasteiger partial charge in [0.15, 0.2) is 12.6 Å². The summed E-state index contributed by atoms with van der Waals surface area (Å²) in [5, 5.41) is 0. The standard InChI is InChI=1S/C25H44O4/c1-22(2)10-14-24(15-11-22)8-6-20(28-24)26-18-5-19-27-21-7-9-25(29-21)16-12-23(3,4)13-17-25/h20-21H,5-19H2,1-4H3. The molecule has 4 heteroatoms. The number of ether oxygens (including phenoxy) is 4. The molecule has 0 aromatic rings. The van der Waals surface area contributed by atoms with Gasteiger partial charge in [-0.05, 0) is 81.5 Å². The zero-order valence-corrected chi connectivity index (χ0v) is 19.4. The van der Waals surface area contributed by atoms with Gasteiger partial charge in [0.2, 0.25) is 0 Å². The minimum Gasteiger partial charge on any atom is -0.353 e. The van der Waals surface area contributed by atoms with Crippen molar-refractivity contribution in [1.82, 2.24) is 0 Å². The van der Waals surface area contributed by atoms with E-state index in [0.717, 1.165) is 32.5 Å². The molecule has 0 amide bonds. The average molecular weight is 409 g/mol. The van der Waals surface area contributed by atoms with E-state index in [1.165, 1.54) is 64.2 Å². The molecule has 2 heterocycles. The highest BCUT2D eigenvalue weighted by Gasteiger charge is 2.46. The van der Waals surface area contributed by atoms with Gasteiger partial charge in [0.05, 0.1) is 24.4 Å². The van der Waals surface area contributed by atoms with Crippen LogP contribution in [0.1, 0.15) is 111 Å². The van der Waals surface area contributed by atoms with Crippen LogP contribution in [0.25, 0.3) is 0 Å². The lowest BCUT2D eigenvalue weighted by atomic mass is 9.70. The summed E-state index contributed by atoms with van der Waals surface area (Å²) >= 11 is 0. The second-order valence-corrected chi connectivity index (χ2v) is 12.0. The van der Waals surface area contributed by atoms with Gasteiger partial charge in [-0.3, -0.25) is 0 Å². The molecule has 2 saturated carbocycles. The number of hydrogen-bond acceptors (Lipinski definition) is 4. The molecule has 0 radical (unpaired) electrons. The Morgan fingerprint density at radius 1 is 0.586 bits per heavy atom. The maximum Gasteiger partial charge on any atom is 0.158 e. The van der Waals surface area contributed by atoms with E-state index in [9.17, 15) is 0 Å². The smallest absolute Gasteiger partial charge is 0.158 e. The molecule has 0 bridgehead atoms. The SMILES string of the molecule is CC1(C)CCC2(CCC(OCCCOC3CCC4(CCC(C)(C)CC4)O3)O2)CC1. The van der Waals surface area contributed by atoms with Gasteiger partial charge in [-0.25, -0.2) is 0 Å². The second kappa shape index (κ2) is 8.41. The van der Waals surface area contributed by atoms with E-state index >= 15 is 0 Å². The highest BCUT2D eigenvalue weighted by atomic mass is 16.7. The van der Waals surface area contributed by atoms with Crippen molar-refractivity contribution < 1.29 is 18.9 Å². The molecular weight excluding hydrogens is 364 g/mol. The third-order valence-electron chi connectivity index (χ3n) is 8.36. The first kappa shape index (κ1) is 22.0. The fraction of sp³-hybridized carbons (Fsp3) is 1.00. The Labute approximate surface area is 178 Å². The van der Waals surface area contributed by atoms with Gasteiger partial charge in [0, 0.05) is 12.8 Å². The molecule has 2 aliphatic carbocycles. The summed E-state index contributed by atoms with van der Waals surface area (Å²) in [6, 6.07) is 0. The Kier molecular flexibility index (Phi) is 6.39. The third-order valence-corrected chi connectivity index (χ3v) is 8.36. The lowest BCUT2D eigenvalue weighted by Crippen LogP contribution is -2.37. The van der Waals surface area contributed by atoms with Gasteiger partial charge in [-0.2, -0.15) is 0 Å². The molecule has 2 unspecified atom stereocenters. The monoisotopic (exact) mass is 408 g/mol. The predicted octanol–water partition coefficient (Wildman–Crippen LogP) is 6.36. The molecule has 4 fully saturated rings. The minimum atomic E-state index is -0.00666. The fourth-order valence-corrected chi connectivity index (χ4v) is 5.78. The van der Waals surface area contributed by atoms with E-state index in [0.29, 0.717) is 10.8 Å². The molecule has 168 valence electrons. The van der Waals surface area contributed by atoms with E-state index in [2.05, 4.69) is 27.7 Å². The van der Waals surface area contributed by atoms with Crippen LogP contribution in [0.2, 0.25) is 0 Å². The minimum absolute atomic E-state index is 0.00666. The molecule has 4 rings (SSSR count). The van der Waals surface area contributed by atoms with Gasteiger partial charge in [-0.1, -0.05) is 27.7 Å². The van der Waals surface area contributed by atoms with Crippen LogP contribution in [0.15, 0.2) is 0 Å². The Morgan fingerprint density at radius 3 is 1.34 bits per heavy atom. The van der Waals surface area contributed by atoms with Crippen molar-refractivity contribution in [2.75, 3.05) is 13.2 Å². The van der Waals surface area contributed by atoms with Crippen molar-refractivity contribution in [1.29, 1.82) is 0 Å². The lowest BCUT2D eigenvalue weighted by Gasteiger charge is -2.41. The van der Waals surface area contributed by atoms with Crippen molar-refractivity contribution in [2.45, 2.75) is 135 Å². The van der Waals surface area contributed by atoms with Crippen LogP contribution < -0.4 is 0 Å². The average Bonchev–Trinajstić information content (AvgIpc) is 3.26. The first-order valence-corrected chi connectivity index (χ1v) is 12.3. The number of hydrogen-bond donors (Lipinski definition) is 0. The molecule has 4 nitrogen and oxygen atoms in total. The van der Waals surface area contributed by atoms with Crippen LogP contribution in [0.5, 0.6) is 0 Å². The lowest BCUT2D eigenvalue weighted by molar-refractivity contribution is -0.194. The van der Waals surface area contributed by atoms with E-state index in [1.807, 2.05) is 0 Å². The highest BCUT2D eigenvalue weighted by molar-refractivity contribution is 4.95. The summed E-state index contributed by atoms with van der Waals surface area (Å²) in [4.78, 5) is 0. The molecule has 0 aromatic carbocycles. The molecule has 2 spiro atoms. The molecule has 0 N–H and O–H groups in total. The van der Waals surface area contributed by atoms with Crippen molar-refractivity contribution in [3.8, 4) is 0 Å². The molecular formula is C25H44O4. The topological polar surface area (TPSA) is 36.9 Å². The first-order valence-electron chi connectivity index (χ1n) is 12.3. The van der Waals surface area contributed by atoms with E-state index in [-0.39, 0.29) is 23.8 Å². The number of rotatable bonds is 6. The molecule has 4 aliphatic rings. The van der Waals surface area contributed by atoms with Crippen LogP contribution in [0, 0.1) is 10.8 Å². The summed E-state index contributed by atoms with van der Waals surface area (Å²) in [6.07, 6.45) is 15.2. The molecule has 2 atom stereocenters. The van der Waals surface area contributed by atoms with E-state index in [4.69, 9.17) is 18.9 Å². The van der Waals surface area contributed by atoms with Crippen molar-refractivity contribution in [2.24, 2.45) is 10.8 Å². The van der Waals surface area contributed by atoms with Gasteiger partial charge in [0.1, 0.15) is 0 Å². The van der Waals surface area contributed by atoms with E-state index in [1.54, 1.807) is 0 Å². The Morgan fingerprint density at radius 2 is 0.966 bits per heavy atom. The molecule has 29 heavy (non-hydrogen) atoms. The van der Waals surface area contributed by atoms with Crippen molar-refractivity contribution in [3.63, 3.8) is 0 Å². The molecule has 0 aromatic heterocycles. The maximum absolute atomic E-state index is 6.37. The summed E-state index contributed by atoms with van der Waals surface area (Å²) in [7, 11) is 0. The molecule has 2 aliphatic heterocycles. The highest BCUT2D eigenvalue weighted by Crippen LogP contribution is 2.49. The third kappa shape index (κ3) is 5.56. The van der Waals surface area contributed by atoms with Gasteiger partial charge >= 0.3 is 0 Å². The molecule has 2 saturated heterocycles. The van der Waals surface area contributed by atoms with Crippen molar-refractivity contribution >= 4 is 0 Å². The second-order valence-electron chi connectivity index (χ2n) is 12.0. The quantitative estimate of drug-likeness (QED) is 0.479. The van der Waals surface area contributed by atoms with Gasteiger partial charge in [0.25, 0.3) is 0 Å². The summed E-state index contributed by atoms with van der Waals surface area (Å²) in [6.45, 7) is 11.0. The summed E-state index contributed by atoms with van der Waals surface area (Å²) < 4.78 is 24.8. The summed E-state index contributed by atoms with van der Waals surface area (Å²) in [5.41, 5.74) is 1.19. The summed E-state index contributed by atoms with van der Waals surface area (Å²) in [5.74, 6) is 0. The maximum atomic E-state index is 6.37. The van der Waals surface area contributed by atoms with E-state index < -0.39 is 0 Å². The van der Waals surface area contributed by atoms with Crippen LogP contribution >= 0.6 is 0 Å². The van der Waals surface area contributed by atoms with Crippen LogP contribution in [0.3, 0.4) is 0 Å².